The molecule has 1 fully saturated rings. The van der Waals surface area contributed by atoms with E-state index in [1.54, 1.807) is 18.2 Å². The van der Waals surface area contributed by atoms with Gasteiger partial charge < -0.3 is 4.90 Å². The second-order valence-corrected chi connectivity index (χ2v) is 5.86. The first-order valence-electron chi connectivity index (χ1n) is 7.78. The Hall–Kier alpha value is -2.32. The predicted molar refractivity (Wildman–Crippen MR) is 79.5 cm³/mol. The Balaban J connectivity index is 1.86. The standard InChI is InChI=1S/C15H17F3N4O2/c16-15(17,18)11-6-2-1-4-8-20(11)13(23)10-22-14(24)21-9-5-3-7-12(21)19-22/h3,5,7,9,11H,1-2,4,6,8,10H2. The quantitative estimate of drug-likeness (QED) is 0.837. The van der Waals surface area contributed by atoms with E-state index in [4.69, 9.17) is 0 Å². The lowest BCUT2D eigenvalue weighted by Crippen LogP contribution is -2.50. The maximum Gasteiger partial charge on any atom is 0.408 e. The maximum atomic E-state index is 13.2. The third-order valence-electron chi connectivity index (χ3n) is 4.22. The van der Waals surface area contributed by atoms with Gasteiger partial charge >= 0.3 is 11.9 Å². The number of alkyl halides is 3. The van der Waals surface area contributed by atoms with Crippen LogP contribution in [0, 0.1) is 0 Å². The van der Waals surface area contributed by atoms with Gasteiger partial charge in [-0.3, -0.25) is 9.20 Å². The average molecular weight is 342 g/mol. The molecule has 3 rings (SSSR count). The van der Waals surface area contributed by atoms with Crippen LogP contribution in [0.4, 0.5) is 13.2 Å². The number of aromatic nitrogens is 3. The van der Waals surface area contributed by atoms with Crippen LogP contribution in [0.15, 0.2) is 29.2 Å². The topological polar surface area (TPSA) is 59.6 Å². The largest absolute Gasteiger partial charge is 0.408 e. The molecule has 0 aromatic carbocycles. The third-order valence-corrected chi connectivity index (χ3v) is 4.22. The highest BCUT2D eigenvalue weighted by Crippen LogP contribution is 2.31. The summed E-state index contributed by atoms with van der Waals surface area (Å²) < 4.78 is 41.9. The van der Waals surface area contributed by atoms with Crippen LogP contribution < -0.4 is 5.69 Å². The zero-order valence-electron chi connectivity index (χ0n) is 12.9. The van der Waals surface area contributed by atoms with Crippen LogP contribution in [0.2, 0.25) is 0 Å². The first kappa shape index (κ1) is 16.5. The van der Waals surface area contributed by atoms with Crippen molar-refractivity contribution in [2.75, 3.05) is 6.54 Å². The fourth-order valence-corrected chi connectivity index (χ4v) is 3.04. The van der Waals surface area contributed by atoms with Gasteiger partial charge in [0, 0.05) is 12.7 Å². The van der Waals surface area contributed by atoms with Crippen LogP contribution in [0.25, 0.3) is 5.65 Å². The minimum Gasteiger partial charge on any atom is -0.329 e. The highest BCUT2D eigenvalue weighted by molar-refractivity contribution is 5.76. The summed E-state index contributed by atoms with van der Waals surface area (Å²) in [5.74, 6) is -0.732. The average Bonchev–Trinajstić information content (AvgIpc) is 2.72. The fourth-order valence-electron chi connectivity index (χ4n) is 3.04. The Morgan fingerprint density at radius 1 is 1.25 bits per heavy atom. The molecule has 1 unspecified atom stereocenters. The van der Waals surface area contributed by atoms with E-state index >= 15 is 0 Å². The predicted octanol–water partition coefficient (Wildman–Crippen LogP) is 1.83. The second kappa shape index (κ2) is 6.29. The first-order chi connectivity index (χ1) is 11.4. The van der Waals surface area contributed by atoms with Crippen LogP contribution in [-0.4, -0.2) is 43.8 Å². The van der Waals surface area contributed by atoms with Crippen molar-refractivity contribution in [3.8, 4) is 0 Å². The zero-order valence-corrected chi connectivity index (χ0v) is 12.9. The minimum atomic E-state index is -4.47. The van der Waals surface area contributed by atoms with Gasteiger partial charge in [0.25, 0.3) is 0 Å². The number of carbonyl (C=O) groups is 1. The summed E-state index contributed by atoms with van der Waals surface area (Å²) in [4.78, 5) is 25.4. The van der Waals surface area contributed by atoms with Crippen LogP contribution in [-0.2, 0) is 11.3 Å². The van der Waals surface area contributed by atoms with E-state index < -0.39 is 30.4 Å². The highest BCUT2D eigenvalue weighted by Gasteiger charge is 2.45. The third kappa shape index (κ3) is 3.15. The molecule has 3 heterocycles. The van der Waals surface area contributed by atoms with Crippen molar-refractivity contribution in [2.24, 2.45) is 0 Å². The van der Waals surface area contributed by atoms with Crippen molar-refractivity contribution in [2.45, 2.75) is 44.4 Å². The molecular formula is C15H17F3N4O2. The molecule has 1 aliphatic heterocycles. The normalized spacial score (nSPS) is 19.5. The molecule has 130 valence electrons. The Morgan fingerprint density at radius 3 is 2.75 bits per heavy atom. The smallest absolute Gasteiger partial charge is 0.329 e. The van der Waals surface area contributed by atoms with Crippen molar-refractivity contribution in [1.29, 1.82) is 0 Å². The van der Waals surface area contributed by atoms with E-state index in [1.807, 2.05) is 0 Å². The van der Waals surface area contributed by atoms with Crippen molar-refractivity contribution in [3.05, 3.63) is 34.9 Å². The number of halogens is 3. The van der Waals surface area contributed by atoms with Crippen LogP contribution in [0.1, 0.15) is 25.7 Å². The number of nitrogens with zero attached hydrogens (tertiary/aromatic N) is 4. The molecule has 0 saturated carbocycles. The number of rotatable bonds is 2. The molecule has 9 heteroatoms. The van der Waals surface area contributed by atoms with E-state index in [0.717, 1.165) is 9.58 Å². The number of hydrogen-bond donors (Lipinski definition) is 0. The monoisotopic (exact) mass is 342 g/mol. The Labute approximate surface area is 135 Å². The first-order valence-corrected chi connectivity index (χ1v) is 7.78. The molecule has 0 radical (unpaired) electrons. The van der Waals surface area contributed by atoms with Gasteiger partial charge in [-0.25, -0.2) is 9.48 Å². The molecule has 1 saturated heterocycles. The molecule has 1 amide bonds. The van der Waals surface area contributed by atoms with Crippen LogP contribution in [0.5, 0.6) is 0 Å². The number of pyridine rings is 1. The van der Waals surface area contributed by atoms with E-state index in [1.165, 1.54) is 10.6 Å². The van der Waals surface area contributed by atoms with Crippen LogP contribution >= 0.6 is 0 Å². The summed E-state index contributed by atoms with van der Waals surface area (Å²) in [7, 11) is 0. The van der Waals surface area contributed by atoms with Gasteiger partial charge in [0.15, 0.2) is 5.65 Å². The van der Waals surface area contributed by atoms with Crippen molar-refractivity contribution in [3.63, 3.8) is 0 Å². The number of likely N-dealkylation sites (tertiary alicyclic amines) is 1. The molecule has 6 nitrogen and oxygen atoms in total. The van der Waals surface area contributed by atoms with E-state index in [9.17, 15) is 22.8 Å². The van der Waals surface area contributed by atoms with Gasteiger partial charge in [-0.2, -0.15) is 13.2 Å². The summed E-state index contributed by atoms with van der Waals surface area (Å²) in [6.07, 6.45) is -1.46. The van der Waals surface area contributed by atoms with Crippen molar-refractivity contribution < 1.29 is 18.0 Å². The van der Waals surface area contributed by atoms with E-state index in [-0.39, 0.29) is 13.0 Å². The molecule has 1 atom stereocenters. The second-order valence-electron chi connectivity index (χ2n) is 5.86. The van der Waals surface area contributed by atoms with Crippen molar-refractivity contribution >= 4 is 11.6 Å². The molecule has 1 aliphatic rings. The van der Waals surface area contributed by atoms with Gasteiger partial charge in [0.05, 0.1) is 0 Å². The zero-order chi connectivity index (χ0) is 17.3. The minimum absolute atomic E-state index is 0.0468. The van der Waals surface area contributed by atoms with E-state index in [2.05, 4.69) is 5.10 Å². The Morgan fingerprint density at radius 2 is 2.04 bits per heavy atom. The lowest BCUT2D eigenvalue weighted by atomic mass is 10.1. The van der Waals surface area contributed by atoms with Crippen LogP contribution in [0.3, 0.4) is 0 Å². The SMILES string of the molecule is O=C(Cn1nc2ccccn2c1=O)N1CCCCCC1C(F)(F)F. The summed E-state index contributed by atoms with van der Waals surface area (Å²) in [6.45, 7) is -0.446. The van der Waals surface area contributed by atoms with Gasteiger partial charge in [-0.05, 0) is 25.0 Å². The Kier molecular flexibility index (Phi) is 4.33. The number of carbonyl (C=O) groups excluding carboxylic acids is 1. The molecule has 2 aromatic heterocycles. The Bertz CT molecular complexity index is 796. The molecule has 0 aliphatic carbocycles. The molecule has 0 bridgehead atoms. The van der Waals surface area contributed by atoms with E-state index in [0.29, 0.717) is 24.9 Å². The number of fused-ring (bicyclic) bond motifs is 1. The summed E-state index contributed by atoms with van der Waals surface area (Å²) >= 11 is 0. The number of amides is 1. The maximum absolute atomic E-state index is 13.2. The van der Waals surface area contributed by atoms with Gasteiger partial charge in [-0.15, -0.1) is 5.10 Å². The summed E-state index contributed by atoms with van der Waals surface area (Å²) in [5, 5.41) is 4.00. The fraction of sp³-hybridized carbons (Fsp3) is 0.533. The molecule has 0 N–H and O–H groups in total. The lowest BCUT2D eigenvalue weighted by Gasteiger charge is -2.31. The molecule has 0 spiro atoms. The van der Waals surface area contributed by atoms with Gasteiger partial charge in [0.1, 0.15) is 12.6 Å². The molecule has 2 aromatic rings. The molecular weight excluding hydrogens is 325 g/mol. The van der Waals surface area contributed by atoms with Gasteiger partial charge in [-0.1, -0.05) is 18.9 Å². The summed E-state index contributed by atoms with van der Waals surface area (Å²) in [6, 6.07) is 3.12. The summed E-state index contributed by atoms with van der Waals surface area (Å²) in [5.41, 5.74) is -0.198. The van der Waals surface area contributed by atoms with Gasteiger partial charge in [0.2, 0.25) is 5.91 Å². The highest BCUT2D eigenvalue weighted by atomic mass is 19.4. The number of hydrogen-bond acceptors (Lipinski definition) is 3. The lowest BCUT2D eigenvalue weighted by molar-refractivity contribution is -0.190. The van der Waals surface area contributed by atoms with Crippen molar-refractivity contribution in [1.82, 2.24) is 19.1 Å². The molecule has 24 heavy (non-hydrogen) atoms.